The van der Waals surface area contributed by atoms with Crippen molar-refractivity contribution in [3.05, 3.63) is 0 Å². The molecule has 0 aromatic heterocycles. The first kappa shape index (κ1) is 14.2. The molecule has 0 atom stereocenters. The van der Waals surface area contributed by atoms with Crippen LogP contribution in [0.15, 0.2) is 0 Å². The van der Waals surface area contributed by atoms with E-state index in [0.717, 1.165) is 0 Å². The third-order valence-corrected chi connectivity index (χ3v) is 1.33. The molecule has 0 unspecified atom stereocenters. The van der Waals surface area contributed by atoms with E-state index in [4.69, 9.17) is 5.11 Å². The molecule has 0 saturated heterocycles. The van der Waals surface area contributed by atoms with Gasteiger partial charge in [0, 0.05) is 13.0 Å². The fourth-order valence-electron chi connectivity index (χ4n) is 0.652. The quantitative estimate of drug-likeness (QED) is 0.591. The molecule has 9 heteroatoms. The standard InChI is InChI=1S/C7H9F3N2O4/c8-7(9,10)6(16)11-2-1-4(13)12-3-5(14)15/h1-3H2,(H,11,16)(H,12,13)(H,14,15). The molecule has 0 aromatic rings. The third kappa shape index (κ3) is 6.62. The average Bonchev–Trinajstić information content (AvgIpc) is 2.13. The van der Waals surface area contributed by atoms with Crippen molar-refractivity contribution in [2.45, 2.75) is 12.6 Å². The topological polar surface area (TPSA) is 95.5 Å². The van der Waals surface area contributed by atoms with E-state index in [2.05, 4.69) is 0 Å². The first-order valence-electron chi connectivity index (χ1n) is 4.07. The second-order valence-corrected chi connectivity index (χ2v) is 2.67. The molecule has 16 heavy (non-hydrogen) atoms. The summed E-state index contributed by atoms with van der Waals surface area (Å²) in [6.45, 7) is -1.13. The molecule has 0 aromatic carbocycles. The molecule has 2 amide bonds. The average molecular weight is 242 g/mol. The maximum atomic E-state index is 11.6. The van der Waals surface area contributed by atoms with Crippen molar-refractivity contribution >= 4 is 17.8 Å². The number of carbonyl (C=O) groups is 3. The van der Waals surface area contributed by atoms with Gasteiger partial charge in [-0.05, 0) is 0 Å². The molecule has 0 aliphatic rings. The molecule has 0 aliphatic heterocycles. The number of carboxylic acids is 1. The van der Waals surface area contributed by atoms with Crippen LogP contribution in [0, 0.1) is 0 Å². The monoisotopic (exact) mass is 242 g/mol. The van der Waals surface area contributed by atoms with Gasteiger partial charge in [0.15, 0.2) is 0 Å². The molecular weight excluding hydrogens is 233 g/mol. The number of carbonyl (C=O) groups excluding carboxylic acids is 2. The lowest BCUT2D eigenvalue weighted by molar-refractivity contribution is -0.173. The minimum atomic E-state index is -4.99. The molecule has 0 radical (unpaired) electrons. The molecule has 0 aliphatic carbocycles. The van der Waals surface area contributed by atoms with Crippen LogP contribution in [0.1, 0.15) is 6.42 Å². The zero-order valence-corrected chi connectivity index (χ0v) is 7.93. The van der Waals surface area contributed by atoms with E-state index in [1.54, 1.807) is 0 Å². The second kappa shape index (κ2) is 5.93. The van der Waals surface area contributed by atoms with Gasteiger partial charge in [0.2, 0.25) is 5.91 Å². The van der Waals surface area contributed by atoms with Crippen molar-refractivity contribution in [3.63, 3.8) is 0 Å². The highest BCUT2D eigenvalue weighted by Crippen LogP contribution is 2.13. The van der Waals surface area contributed by atoms with Crippen LogP contribution in [-0.4, -0.2) is 42.2 Å². The lowest BCUT2D eigenvalue weighted by atomic mass is 10.4. The molecule has 0 fully saturated rings. The summed E-state index contributed by atoms with van der Waals surface area (Å²) in [6.07, 6.45) is -5.41. The van der Waals surface area contributed by atoms with E-state index >= 15 is 0 Å². The van der Waals surface area contributed by atoms with Crippen LogP contribution in [0.4, 0.5) is 13.2 Å². The zero-order chi connectivity index (χ0) is 12.8. The van der Waals surface area contributed by atoms with Gasteiger partial charge in [0.05, 0.1) is 0 Å². The summed E-state index contributed by atoms with van der Waals surface area (Å²) >= 11 is 0. The Morgan fingerprint density at radius 2 is 1.69 bits per heavy atom. The maximum Gasteiger partial charge on any atom is 0.471 e. The van der Waals surface area contributed by atoms with E-state index in [9.17, 15) is 27.6 Å². The van der Waals surface area contributed by atoms with Gasteiger partial charge in [0.1, 0.15) is 6.54 Å². The number of hydrogen-bond acceptors (Lipinski definition) is 3. The summed E-state index contributed by atoms with van der Waals surface area (Å²) in [5.74, 6) is -4.17. The fraction of sp³-hybridized carbons (Fsp3) is 0.571. The Morgan fingerprint density at radius 1 is 1.12 bits per heavy atom. The Kier molecular flexibility index (Phi) is 5.26. The highest BCUT2D eigenvalue weighted by molar-refractivity contribution is 5.83. The minimum Gasteiger partial charge on any atom is -0.480 e. The molecule has 6 nitrogen and oxygen atoms in total. The van der Waals surface area contributed by atoms with Crippen LogP contribution in [0.5, 0.6) is 0 Å². The Balaban J connectivity index is 3.71. The van der Waals surface area contributed by atoms with Gasteiger partial charge in [-0.25, -0.2) is 0 Å². The summed E-state index contributed by atoms with van der Waals surface area (Å²) in [7, 11) is 0. The van der Waals surface area contributed by atoms with E-state index in [-0.39, 0.29) is 0 Å². The molecule has 92 valence electrons. The summed E-state index contributed by atoms with van der Waals surface area (Å²) in [5, 5.41) is 11.5. The molecule has 0 spiro atoms. The van der Waals surface area contributed by atoms with Crippen molar-refractivity contribution in [2.75, 3.05) is 13.1 Å². The molecular formula is C7H9F3N2O4. The molecule has 0 rings (SSSR count). The number of aliphatic carboxylic acids is 1. The number of hydrogen-bond donors (Lipinski definition) is 3. The highest BCUT2D eigenvalue weighted by Gasteiger charge is 2.38. The SMILES string of the molecule is O=C(O)CNC(=O)CCNC(=O)C(F)(F)F. The van der Waals surface area contributed by atoms with E-state index < -0.39 is 43.5 Å². The van der Waals surface area contributed by atoms with Crippen molar-refractivity contribution < 1.29 is 32.7 Å². The van der Waals surface area contributed by atoms with Gasteiger partial charge in [-0.2, -0.15) is 13.2 Å². The smallest absolute Gasteiger partial charge is 0.471 e. The van der Waals surface area contributed by atoms with Gasteiger partial charge in [-0.1, -0.05) is 0 Å². The largest absolute Gasteiger partial charge is 0.480 e. The summed E-state index contributed by atoms with van der Waals surface area (Å²) in [5.41, 5.74) is 0. The predicted octanol–water partition coefficient (Wildman–Crippen LogP) is -0.744. The van der Waals surface area contributed by atoms with Crippen LogP contribution >= 0.6 is 0 Å². The molecule has 3 N–H and O–H groups in total. The minimum absolute atomic E-state index is 0.422. The van der Waals surface area contributed by atoms with Gasteiger partial charge in [-0.3, -0.25) is 14.4 Å². The van der Waals surface area contributed by atoms with Crippen molar-refractivity contribution in [2.24, 2.45) is 0 Å². The van der Waals surface area contributed by atoms with Crippen molar-refractivity contribution in [3.8, 4) is 0 Å². The number of rotatable bonds is 5. The first-order chi connectivity index (χ1) is 7.23. The van der Waals surface area contributed by atoms with Gasteiger partial charge in [-0.15, -0.1) is 0 Å². The Bertz CT molecular complexity index is 290. The summed E-state index contributed by atoms with van der Waals surface area (Å²) in [6, 6.07) is 0. The van der Waals surface area contributed by atoms with E-state index in [1.165, 1.54) is 5.32 Å². The normalized spacial score (nSPS) is 10.7. The molecule has 0 saturated carbocycles. The van der Waals surface area contributed by atoms with E-state index in [0.29, 0.717) is 0 Å². The first-order valence-corrected chi connectivity index (χ1v) is 4.07. The lowest BCUT2D eigenvalue weighted by Crippen LogP contribution is -2.39. The van der Waals surface area contributed by atoms with Crippen molar-refractivity contribution in [1.29, 1.82) is 0 Å². The summed E-state index contributed by atoms with van der Waals surface area (Å²) < 4.78 is 34.9. The number of carboxylic acid groups (broad SMARTS) is 1. The number of alkyl halides is 3. The summed E-state index contributed by atoms with van der Waals surface area (Å²) in [4.78, 5) is 31.0. The van der Waals surface area contributed by atoms with Crippen LogP contribution in [0.3, 0.4) is 0 Å². The third-order valence-electron chi connectivity index (χ3n) is 1.33. The van der Waals surface area contributed by atoms with Gasteiger partial charge in [0.25, 0.3) is 0 Å². The molecule has 0 bridgehead atoms. The fourth-order valence-corrected chi connectivity index (χ4v) is 0.652. The Hall–Kier alpha value is -1.80. The van der Waals surface area contributed by atoms with Gasteiger partial charge < -0.3 is 15.7 Å². The molecule has 0 heterocycles. The van der Waals surface area contributed by atoms with Crippen LogP contribution in [0.25, 0.3) is 0 Å². The Labute approximate surface area is 87.8 Å². The number of halogens is 3. The predicted molar refractivity (Wildman–Crippen MR) is 44.3 cm³/mol. The van der Waals surface area contributed by atoms with Crippen molar-refractivity contribution in [1.82, 2.24) is 10.6 Å². The highest BCUT2D eigenvalue weighted by atomic mass is 19.4. The van der Waals surface area contributed by atoms with Crippen LogP contribution < -0.4 is 10.6 Å². The van der Waals surface area contributed by atoms with E-state index in [1.807, 2.05) is 5.32 Å². The van der Waals surface area contributed by atoms with Gasteiger partial charge >= 0.3 is 18.1 Å². The number of amides is 2. The zero-order valence-electron chi connectivity index (χ0n) is 7.93. The maximum absolute atomic E-state index is 11.6. The second-order valence-electron chi connectivity index (χ2n) is 2.67. The van der Waals surface area contributed by atoms with Crippen LogP contribution in [0.2, 0.25) is 0 Å². The lowest BCUT2D eigenvalue weighted by Gasteiger charge is -2.07. The van der Waals surface area contributed by atoms with Crippen LogP contribution in [-0.2, 0) is 14.4 Å². The number of nitrogens with one attached hydrogen (secondary N) is 2. The Morgan fingerprint density at radius 3 is 2.12 bits per heavy atom.